The highest BCUT2D eigenvalue weighted by molar-refractivity contribution is 8.00. The van der Waals surface area contributed by atoms with Crippen molar-refractivity contribution in [1.29, 1.82) is 0 Å². The molecule has 1 saturated carbocycles. The molecule has 28 heteroatoms. The molecule has 8 amide bonds. The number of unbranched alkanes of at least 4 members (excludes halogenated alkanes) is 5. The third-order valence-electron chi connectivity index (χ3n) is 15.2. The zero-order valence-electron chi connectivity index (χ0n) is 54.7. The van der Waals surface area contributed by atoms with E-state index in [2.05, 4.69) is 54.4 Å². The first kappa shape index (κ1) is 79.1. The Morgan fingerprint density at radius 2 is 1.14 bits per heavy atom. The number of ether oxygens (including phenoxy) is 6. The second-order valence-electron chi connectivity index (χ2n) is 23.8. The van der Waals surface area contributed by atoms with Gasteiger partial charge in [-0.3, -0.25) is 47.9 Å². The molecule has 4 rings (SSSR count). The molecule has 522 valence electrons. The van der Waals surface area contributed by atoms with Crippen LogP contribution in [0, 0.1) is 5.41 Å². The average molecular weight is 1350 g/mol. The number of rotatable bonds is 54. The normalized spacial score (nSPS) is 16.7. The number of thiophene rings is 1. The Morgan fingerprint density at radius 3 is 1.77 bits per heavy atom. The molecule has 2 saturated heterocycles. The summed E-state index contributed by atoms with van der Waals surface area (Å²) in [5, 5.41) is 28.2. The van der Waals surface area contributed by atoms with Gasteiger partial charge in [-0.05, 0) is 93.9 Å². The van der Waals surface area contributed by atoms with Crippen LogP contribution in [0.1, 0.15) is 158 Å². The first-order valence-electron chi connectivity index (χ1n) is 33.1. The summed E-state index contributed by atoms with van der Waals surface area (Å²) in [5.41, 5.74) is 0.259. The van der Waals surface area contributed by atoms with Gasteiger partial charge in [-0.15, -0.1) is 11.3 Å². The number of ketones is 3. The minimum atomic E-state index is -0.891. The number of thioether (sulfide) groups is 1. The van der Waals surface area contributed by atoms with E-state index in [1.165, 1.54) is 17.4 Å². The van der Waals surface area contributed by atoms with E-state index in [0.717, 1.165) is 25.0 Å². The van der Waals surface area contributed by atoms with Gasteiger partial charge in [-0.1, -0.05) is 45.4 Å². The Labute approximate surface area is 555 Å². The third-order valence-corrected chi connectivity index (χ3v) is 17.6. The maximum atomic E-state index is 13.5. The molecule has 3 heterocycles. The van der Waals surface area contributed by atoms with E-state index < -0.39 is 29.1 Å². The molecule has 0 radical (unpaired) electrons. The van der Waals surface area contributed by atoms with Crippen molar-refractivity contribution >= 4 is 87.9 Å². The molecule has 26 nitrogen and oxygen atoms in total. The van der Waals surface area contributed by atoms with E-state index in [0.29, 0.717) is 152 Å². The van der Waals surface area contributed by atoms with Crippen LogP contribution in [0.25, 0.3) is 0 Å². The molecular weight excluding hydrogens is 1240 g/mol. The number of esters is 1. The number of carbonyl (C=O) groups excluding carboxylic acids is 11. The summed E-state index contributed by atoms with van der Waals surface area (Å²) in [6, 6.07) is 2.70. The van der Waals surface area contributed by atoms with Crippen molar-refractivity contribution in [2.24, 2.45) is 5.41 Å². The number of carbonyl (C=O) groups is 11. The van der Waals surface area contributed by atoms with Crippen LogP contribution in [0.4, 0.5) is 4.79 Å². The van der Waals surface area contributed by atoms with Crippen molar-refractivity contribution < 1.29 is 81.2 Å². The first-order chi connectivity index (χ1) is 45.0. The molecule has 0 bridgehead atoms. The molecule has 1 unspecified atom stereocenters. The highest BCUT2D eigenvalue weighted by Crippen LogP contribution is 2.35. The van der Waals surface area contributed by atoms with E-state index in [1.807, 2.05) is 25.6 Å². The Kier molecular flexibility index (Phi) is 40.5. The molecule has 1 aliphatic carbocycles. The number of hydrogen-bond donors (Lipinski definition) is 9. The zero-order valence-corrected chi connectivity index (χ0v) is 56.3. The topological polar surface area (TPSA) is 351 Å². The summed E-state index contributed by atoms with van der Waals surface area (Å²) in [5.74, 6) is -2.41. The zero-order chi connectivity index (χ0) is 67.3. The summed E-state index contributed by atoms with van der Waals surface area (Å²) < 4.78 is 33.1. The van der Waals surface area contributed by atoms with E-state index in [-0.39, 0.29) is 156 Å². The van der Waals surface area contributed by atoms with Crippen molar-refractivity contribution in [1.82, 2.24) is 47.9 Å². The molecule has 4 atom stereocenters. The van der Waals surface area contributed by atoms with Gasteiger partial charge in [0.25, 0.3) is 11.7 Å². The minimum Gasteiger partial charge on any atom is -0.461 e. The summed E-state index contributed by atoms with van der Waals surface area (Å²) in [7, 11) is 0. The molecule has 0 spiro atoms. The Bertz CT molecular complexity index is 2510. The molecule has 1 aromatic rings. The molecule has 3 fully saturated rings. The largest absolute Gasteiger partial charge is 0.461 e. The van der Waals surface area contributed by atoms with Gasteiger partial charge in [0.1, 0.15) is 12.6 Å². The van der Waals surface area contributed by atoms with E-state index in [9.17, 15) is 52.7 Å². The van der Waals surface area contributed by atoms with Crippen LogP contribution in [0.15, 0.2) is 41.4 Å². The maximum Gasteiger partial charge on any atom is 0.315 e. The van der Waals surface area contributed by atoms with Crippen LogP contribution in [0.5, 0.6) is 0 Å². The Hall–Kier alpha value is -6.30. The predicted molar refractivity (Wildman–Crippen MR) is 352 cm³/mol. The highest BCUT2D eigenvalue weighted by atomic mass is 32.2. The van der Waals surface area contributed by atoms with Crippen LogP contribution in [0.3, 0.4) is 0 Å². The lowest BCUT2D eigenvalue weighted by Crippen LogP contribution is -2.47. The fourth-order valence-corrected chi connectivity index (χ4v) is 12.6. The van der Waals surface area contributed by atoms with Crippen LogP contribution in [-0.4, -0.2) is 206 Å². The SMILES string of the molecule is C=CCOC(=O)CCCCCNC(=O)CCC(=O)N[C@@H](CCCCNC(=O)CCCCC(NCCOCCOCCNC(=O)C(=O)c1cccs1)=C1C(=O)CC(C)(C)CC1=O)C(=O)NCCCOCCOCCOCCCNC(=O)CCCC[C@@H]1SC[C@@H]2NC(=O)NC21. The van der Waals surface area contributed by atoms with Gasteiger partial charge in [-0.25, -0.2) is 4.79 Å². The second kappa shape index (κ2) is 47.6. The third kappa shape index (κ3) is 35.1. The lowest BCUT2D eigenvalue weighted by atomic mass is 9.73. The molecule has 2 aliphatic heterocycles. The number of hydrogen-bond acceptors (Lipinski definition) is 20. The van der Waals surface area contributed by atoms with Crippen LogP contribution < -0.4 is 47.9 Å². The highest BCUT2D eigenvalue weighted by Gasteiger charge is 2.42. The van der Waals surface area contributed by atoms with Crippen molar-refractivity contribution in [2.75, 3.05) is 118 Å². The van der Waals surface area contributed by atoms with Crippen LogP contribution >= 0.6 is 23.1 Å². The van der Waals surface area contributed by atoms with Crippen molar-refractivity contribution in [2.45, 2.75) is 172 Å². The van der Waals surface area contributed by atoms with Gasteiger partial charge in [0.2, 0.25) is 29.5 Å². The summed E-state index contributed by atoms with van der Waals surface area (Å²) in [6.45, 7) is 12.8. The predicted octanol–water partition coefficient (Wildman–Crippen LogP) is 4.19. The lowest BCUT2D eigenvalue weighted by molar-refractivity contribution is -0.142. The Balaban J connectivity index is 1.08. The van der Waals surface area contributed by atoms with Crippen molar-refractivity contribution in [3.8, 4) is 0 Å². The number of Topliss-reactive ketones (excluding diaryl/α,β-unsaturated/α-hetero) is 3. The monoisotopic (exact) mass is 1350 g/mol. The van der Waals surface area contributed by atoms with Crippen molar-refractivity contribution in [3.05, 3.63) is 46.3 Å². The fraction of sp³-hybridized carbons (Fsp3) is 0.708. The number of allylic oxidation sites excluding steroid dienone is 2. The van der Waals surface area contributed by atoms with Gasteiger partial charge in [0.05, 0.1) is 75.4 Å². The Morgan fingerprint density at radius 1 is 0.591 bits per heavy atom. The maximum absolute atomic E-state index is 13.5. The van der Waals surface area contributed by atoms with Gasteiger partial charge in [0, 0.05) is 114 Å². The molecule has 93 heavy (non-hydrogen) atoms. The van der Waals surface area contributed by atoms with Crippen LogP contribution in [-0.2, 0) is 71.6 Å². The van der Waals surface area contributed by atoms with E-state index in [4.69, 9.17) is 28.4 Å². The smallest absolute Gasteiger partial charge is 0.315 e. The molecular formula is C65H103N9O17S2. The van der Waals surface area contributed by atoms with Gasteiger partial charge in [0.15, 0.2) is 11.6 Å². The van der Waals surface area contributed by atoms with Gasteiger partial charge in [-0.2, -0.15) is 11.8 Å². The second-order valence-corrected chi connectivity index (χ2v) is 26.0. The summed E-state index contributed by atoms with van der Waals surface area (Å²) >= 11 is 3.07. The number of nitrogens with one attached hydrogen (secondary N) is 9. The van der Waals surface area contributed by atoms with Gasteiger partial charge < -0.3 is 76.3 Å². The molecule has 9 N–H and O–H groups in total. The van der Waals surface area contributed by atoms with E-state index >= 15 is 0 Å². The van der Waals surface area contributed by atoms with Gasteiger partial charge >= 0.3 is 12.0 Å². The molecule has 3 aliphatic rings. The molecule has 0 aromatic carbocycles. The number of fused-ring (bicyclic) bond motifs is 1. The number of amides is 8. The summed E-state index contributed by atoms with van der Waals surface area (Å²) in [4.78, 5) is 139. The quantitative estimate of drug-likeness (QED) is 0.00645. The fourth-order valence-electron chi connectivity index (χ4n) is 10.4. The van der Waals surface area contributed by atoms with Crippen LogP contribution in [0.2, 0.25) is 0 Å². The molecule has 1 aromatic heterocycles. The lowest BCUT2D eigenvalue weighted by Gasteiger charge is -2.30. The average Bonchev–Trinajstić information content (AvgIpc) is 1.60. The van der Waals surface area contributed by atoms with Crippen molar-refractivity contribution in [3.63, 3.8) is 0 Å². The number of urea groups is 1. The standard InChI is InChI=1S/C65H103N9O17S2/c1-4-32-91-58(81)23-6-5-12-26-68-56(79)24-25-57(80)72-48(62(83)70-29-16-34-87-38-42-90-41-37-86-33-15-28-69-55(78)22-10-8-19-52-60-49(46-93-52)73-64(85)74-60)18-11-13-27-67-54(77)21-9-7-17-47(59-50(75)44-65(2,3)45-51(59)76)66-30-35-88-39-40-89-36-31-71-63(84)61(82)53-20-14-43-92-53/h4,14,20,43,48-49,52,60,66H,1,5-13,15-19,21-42,44-46H2,2-3H3,(H,67,77)(H,68,79)(H,69,78)(H,70,83)(H,71,84)(H,72,80)(H2,73,74,85)/t48-,49-,52-,60?/m0/s1. The minimum absolute atomic E-state index is 0.0280. The summed E-state index contributed by atoms with van der Waals surface area (Å²) in [6.07, 6.45) is 11.3. The van der Waals surface area contributed by atoms with E-state index in [1.54, 1.807) is 17.5 Å². The first-order valence-corrected chi connectivity index (χ1v) is 35.0.